The maximum absolute atomic E-state index is 10.7. The number of hydrogen-bond acceptors (Lipinski definition) is 2. The first-order valence-electron chi connectivity index (χ1n) is 3.09. The summed E-state index contributed by atoms with van der Waals surface area (Å²) in [5.41, 5.74) is 0.0188. The molecule has 0 amide bonds. The normalized spacial score (nSPS) is 13.6. The molecule has 1 aromatic rings. The Kier molecular flexibility index (Phi) is 0.974. The Morgan fingerprint density at radius 1 is 1.60 bits per heavy atom. The van der Waals surface area contributed by atoms with Crippen LogP contribution in [0.1, 0.15) is 0 Å². The van der Waals surface area contributed by atoms with E-state index in [1.165, 1.54) is 12.1 Å². The van der Waals surface area contributed by atoms with Crippen LogP contribution in [0, 0.1) is 0 Å². The molecule has 1 aliphatic rings. The molecule has 3 heteroatoms. The van der Waals surface area contributed by atoms with Gasteiger partial charge in [-0.1, -0.05) is 0 Å². The average Bonchev–Trinajstić information content (AvgIpc) is 2.33. The van der Waals surface area contributed by atoms with E-state index in [0.717, 1.165) is 12.4 Å². The van der Waals surface area contributed by atoms with E-state index in [1.807, 2.05) is 4.57 Å². The van der Waals surface area contributed by atoms with Crippen molar-refractivity contribution in [3.8, 4) is 0 Å². The zero-order chi connectivity index (χ0) is 6.97. The van der Waals surface area contributed by atoms with Gasteiger partial charge in [0.1, 0.15) is 5.82 Å². The number of nitrogens with zero attached hydrogens (tertiary/aromatic N) is 2. The summed E-state index contributed by atoms with van der Waals surface area (Å²) in [7, 11) is 0. The molecule has 0 fully saturated rings. The molecule has 1 aromatic heterocycles. The van der Waals surface area contributed by atoms with Crippen LogP contribution in [0.4, 0.5) is 5.82 Å². The van der Waals surface area contributed by atoms with Gasteiger partial charge in [0.15, 0.2) is 5.43 Å². The van der Waals surface area contributed by atoms with E-state index in [9.17, 15) is 4.79 Å². The van der Waals surface area contributed by atoms with Crippen LogP contribution in [0.3, 0.4) is 0 Å². The molecule has 0 N–H and O–H groups in total. The van der Waals surface area contributed by atoms with Crippen LogP contribution in [-0.2, 0) is 6.54 Å². The summed E-state index contributed by atoms with van der Waals surface area (Å²) in [6.45, 7) is 0.787. The van der Waals surface area contributed by atoms with Gasteiger partial charge in [-0.2, -0.15) is 0 Å². The van der Waals surface area contributed by atoms with Gasteiger partial charge < -0.3 is 4.57 Å². The lowest BCUT2D eigenvalue weighted by Crippen LogP contribution is -2.01. The lowest BCUT2D eigenvalue weighted by atomic mass is 10.4. The number of rotatable bonds is 0. The minimum Gasteiger partial charge on any atom is -0.327 e. The van der Waals surface area contributed by atoms with Crippen molar-refractivity contribution in [3.63, 3.8) is 0 Å². The van der Waals surface area contributed by atoms with Gasteiger partial charge in [-0.25, -0.2) is 4.99 Å². The van der Waals surface area contributed by atoms with Gasteiger partial charge in [0, 0.05) is 24.5 Å². The van der Waals surface area contributed by atoms with Gasteiger partial charge in [0.2, 0.25) is 0 Å². The fourth-order valence-electron chi connectivity index (χ4n) is 0.986. The zero-order valence-corrected chi connectivity index (χ0v) is 5.32. The molecular formula is C7H6N2O. The fourth-order valence-corrected chi connectivity index (χ4v) is 0.986. The summed E-state index contributed by atoms with van der Waals surface area (Å²) in [6, 6.07) is 3.07. The SMILES string of the molecule is O=c1ccn2c(c1)N=CC2. The molecule has 0 saturated heterocycles. The molecule has 2 rings (SSSR count). The van der Waals surface area contributed by atoms with Crippen LogP contribution < -0.4 is 5.43 Å². The summed E-state index contributed by atoms with van der Waals surface area (Å²) < 4.78 is 1.92. The summed E-state index contributed by atoms with van der Waals surface area (Å²) in [6.07, 6.45) is 3.54. The highest BCUT2D eigenvalue weighted by Gasteiger charge is 2.01. The van der Waals surface area contributed by atoms with E-state index in [-0.39, 0.29) is 5.43 Å². The number of hydrogen-bond donors (Lipinski definition) is 0. The maximum atomic E-state index is 10.7. The molecule has 0 atom stereocenters. The minimum atomic E-state index is 0.0188. The first kappa shape index (κ1) is 5.41. The topological polar surface area (TPSA) is 34.4 Å². The smallest absolute Gasteiger partial charge is 0.183 e. The van der Waals surface area contributed by atoms with E-state index in [0.29, 0.717) is 0 Å². The van der Waals surface area contributed by atoms with Crippen LogP contribution in [-0.4, -0.2) is 10.8 Å². The molecule has 0 bridgehead atoms. The molecule has 1 aliphatic heterocycles. The van der Waals surface area contributed by atoms with Gasteiger partial charge in [-0.3, -0.25) is 4.79 Å². The molecule has 0 aromatic carbocycles. The molecule has 0 radical (unpaired) electrons. The second kappa shape index (κ2) is 1.80. The molecular weight excluding hydrogens is 128 g/mol. The lowest BCUT2D eigenvalue weighted by molar-refractivity contribution is 0.886. The second-order valence-corrected chi connectivity index (χ2v) is 2.18. The van der Waals surface area contributed by atoms with Gasteiger partial charge in [0.05, 0.1) is 6.54 Å². The zero-order valence-electron chi connectivity index (χ0n) is 5.32. The number of aromatic nitrogens is 1. The Morgan fingerprint density at radius 2 is 2.50 bits per heavy atom. The van der Waals surface area contributed by atoms with Crippen molar-refractivity contribution >= 4 is 12.0 Å². The van der Waals surface area contributed by atoms with Gasteiger partial charge in [0.25, 0.3) is 0 Å². The molecule has 10 heavy (non-hydrogen) atoms. The van der Waals surface area contributed by atoms with E-state index in [4.69, 9.17) is 0 Å². The van der Waals surface area contributed by atoms with Gasteiger partial charge >= 0.3 is 0 Å². The third kappa shape index (κ3) is 0.673. The Bertz CT molecular complexity index is 338. The fraction of sp³-hybridized carbons (Fsp3) is 0.143. The van der Waals surface area contributed by atoms with Crippen molar-refractivity contribution in [1.29, 1.82) is 0 Å². The van der Waals surface area contributed by atoms with Crippen LogP contribution in [0.15, 0.2) is 28.1 Å². The maximum Gasteiger partial charge on any atom is 0.183 e. The third-order valence-electron chi connectivity index (χ3n) is 1.49. The Morgan fingerprint density at radius 3 is 3.40 bits per heavy atom. The highest BCUT2D eigenvalue weighted by molar-refractivity contribution is 5.66. The Balaban J connectivity index is 2.71. The van der Waals surface area contributed by atoms with Crippen molar-refractivity contribution < 1.29 is 0 Å². The van der Waals surface area contributed by atoms with Crippen LogP contribution in [0.5, 0.6) is 0 Å². The molecule has 2 heterocycles. The summed E-state index contributed by atoms with van der Waals surface area (Å²) >= 11 is 0. The van der Waals surface area contributed by atoms with E-state index < -0.39 is 0 Å². The van der Waals surface area contributed by atoms with E-state index in [1.54, 1.807) is 12.4 Å². The predicted molar refractivity (Wildman–Crippen MR) is 38.9 cm³/mol. The standard InChI is InChI=1S/C7H6N2O/c10-6-1-3-9-4-2-8-7(9)5-6/h1-3,5H,4H2. The molecule has 0 aliphatic carbocycles. The number of pyridine rings is 1. The summed E-state index contributed by atoms with van der Waals surface area (Å²) in [5, 5.41) is 0. The molecule has 0 unspecified atom stereocenters. The van der Waals surface area contributed by atoms with Crippen LogP contribution in [0.25, 0.3) is 0 Å². The first-order valence-corrected chi connectivity index (χ1v) is 3.09. The van der Waals surface area contributed by atoms with Crippen LogP contribution >= 0.6 is 0 Å². The highest BCUT2D eigenvalue weighted by atomic mass is 16.1. The second-order valence-electron chi connectivity index (χ2n) is 2.18. The lowest BCUT2D eigenvalue weighted by Gasteiger charge is -1.97. The van der Waals surface area contributed by atoms with Crippen molar-refractivity contribution in [2.45, 2.75) is 6.54 Å². The van der Waals surface area contributed by atoms with E-state index in [2.05, 4.69) is 4.99 Å². The third-order valence-corrected chi connectivity index (χ3v) is 1.49. The van der Waals surface area contributed by atoms with Crippen molar-refractivity contribution in [2.75, 3.05) is 0 Å². The average molecular weight is 134 g/mol. The highest BCUT2D eigenvalue weighted by Crippen LogP contribution is 2.11. The van der Waals surface area contributed by atoms with Gasteiger partial charge in [-0.05, 0) is 0 Å². The predicted octanol–water partition coefficient (Wildman–Crippen LogP) is 0.564. The number of fused-ring (bicyclic) bond motifs is 1. The van der Waals surface area contributed by atoms with Crippen molar-refractivity contribution in [3.05, 3.63) is 28.6 Å². The largest absolute Gasteiger partial charge is 0.327 e. The monoisotopic (exact) mass is 134 g/mol. The Hall–Kier alpha value is -1.38. The van der Waals surface area contributed by atoms with Crippen LogP contribution in [0.2, 0.25) is 0 Å². The van der Waals surface area contributed by atoms with E-state index >= 15 is 0 Å². The molecule has 50 valence electrons. The molecule has 0 saturated carbocycles. The Labute approximate surface area is 57.6 Å². The molecule has 3 nitrogen and oxygen atoms in total. The quantitative estimate of drug-likeness (QED) is 0.510. The van der Waals surface area contributed by atoms with Crippen molar-refractivity contribution in [2.24, 2.45) is 4.99 Å². The summed E-state index contributed by atoms with van der Waals surface area (Å²) in [5.74, 6) is 0.757. The molecule has 0 spiro atoms. The van der Waals surface area contributed by atoms with Crippen molar-refractivity contribution in [1.82, 2.24) is 4.57 Å². The van der Waals surface area contributed by atoms with Gasteiger partial charge in [-0.15, -0.1) is 0 Å². The number of aliphatic imine (C=N–C) groups is 1. The first-order chi connectivity index (χ1) is 4.86. The minimum absolute atomic E-state index is 0.0188. The summed E-state index contributed by atoms with van der Waals surface area (Å²) in [4.78, 5) is 14.7.